The number of hydrogen-bond acceptors (Lipinski definition) is 0. The highest BCUT2D eigenvalue weighted by Crippen LogP contribution is 2.48. The molecule has 14 heavy (non-hydrogen) atoms. The zero-order valence-electron chi connectivity index (χ0n) is 6.93. The van der Waals surface area contributed by atoms with Gasteiger partial charge in [0.25, 0.3) is 0 Å². The van der Waals surface area contributed by atoms with E-state index in [9.17, 15) is 30.7 Å². The largest absolute Gasteiger partial charge is 0.432 e. The van der Waals surface area contributed by atoms with Crippen molar-refractivity contribution in [1.82, 2.24) is 0 Å². The maximum absolute atomic E-state index is 12.7. The van der Waals surface area contributed by atoms with Crippen molar-refractivity contribution in [3.63, 3.8) is 0 Å². The zero-order valence-corrected chi connectivity index (χ0v) is 6.93. The summed E-state index contributed by atoms with van der Waals surface area (Å²) in [6, 6.07) is 0. The van der Waals surface area contributed by atoms with Gasteiger partial charge < -0.3 is 0 Å². The first-order valence-electron chi connectivity index (χ1n) is 3.25. The Hall–Kier alpha value is -0.750. The highest BCUT2D eigenvalue weighted by atomic mass is 19.4. The van der Waals surface area contributed by atoms with Crippen LogP contribution in [0.2, 0.25) is 0 Å². The molecule has 1 radical (unpaired) electrons. The zero-order chi connectivity index (χ0) is 11.8. The van der Waals surface area contributed by atoms with E-state index in [-0.39, 0.29) is 0 Å². The van der Waals surface area contributed by atoms with Crippen molar-refractivity contribution in [2.75, 3.05) is 0 Å². The third-order valence-electron chi connectivity index (χ3n) is 1.27. The second-order valence-corrected chi connectivity index (χ2v) is 2.70. The quantitative estimate of drug-likeness (QED) is 0.627. The summed E-state index contributed by atoms with van der Waals surface area (Å²) in [6.07, 6.45) is -12.7. The van der Waals surface area contributed by atoms with Gasteiger partial charge in [0.05, 0.1) is 0 Å². The SMILES string of the molecule is C=C(C)[CH]C(F)(C(F)(F)F)C(F)(F)F. The topological polar surface area (TPSA) is 0 Å². The molecule has 0 rings (SSSR count). The predicted octanol–water partition coefficient (Wildman–Crippen LogP) is 3.60. The lowest BCUT2D eigenvalue weighted by Gasteiger charge is -2.29. The highest BCUT2D eigenvalue weighted by molar-refractivity contribution is 5.19. The average Bonchev–Trinajstić information content (AvgIpc) is 1.79. The molecule has 0 aliphatic heterocycles. The van der Waals surface area contributed by atoms with Gasteiger partial charge in [0.1, 0.15) is 0 Å². The molecule has 83 valence electrons. The minimum Gasteiger partial charge on any atom is -0.223 e. The molecule has 0 unspecified atom stereocenters. The summed E-state index contributed by atoms with van der Waals surface area (Å²) in [5.74, 6) is 0. The van der Waals surface area contributed by atoms with Crippen molar-refractivity contribution in [2.24, 2.45) is 0 Å². The minimum atomic E-state index is -6.04. The molecule has 0 aliphatic rings. The minimum absolute atomic E-state index is 0.590. The first-order valence-corrected chi connectivity index (χ1v) is 3.25. The van der Waals surface area contributed by atoms with Gasteiger partial charge >= 0.3 is 18.0 Å². The second-order valence-electron chi connectivity index (χ2n) is 2.70. The van der Waals surface area contributed by atoms with Crippen LogP contribution in [0.3, 0.4) is 0 Å². The second kappa shape index (κ2) is 3.43. The molecule has 0 N–H and O–H groups in total. The lowest BCUT2D eigenvalue weighted by Crippen LogP contribution is -2.53. The summed E-state index contributed by atoms with van der Waals surface area (Å²) in [5.41, 5.74) is -5.98. The molecule has 0 nitrogen and oxygen atoms in total. The summed E-state index contributed by atoms with van der Waals surface area (Å²) in [5, 5.41) is 0. The van der Waals surface area contributed by atoms with Gasteiger partial charge in [0.2, 0.25) is 0 Å². The fourth-order valence-electron chi connectivity index (χ4n) is 0.664. The van der Waals surface area contributed by atoms with Crippen molar-refractivity contribution >= 4 is 0 Å². The van der Waals surface area contributed by atoms with Crippen LogP contribution in [0.4, 0.5) is 30.7 Å². The van der Waals surface area contributed by atoms with E-state index in [4.69, 9.17) is 0 Å². The van der Waals surface area contributed by atoms with Gasteiger partial charge in [-0.3, -0.25) is 0 Å². The van der Waals surface area contributed by atoms with Crippen LogP contribution in [0, 0.1) is 6.42 Å². The van der Waals surface area contributed by atoms with Crippen molar-refractivity contribution in [3.05, 3.63) is 18.6 Å². The Bertz CT molecular complexity index is 207. The van der Waals surface area contributed by atoms with E-state index in [2.05, 4.69) is 6.58 Å². The van der Waals surface area contributed by atoms with E-state index >= 15 is 0 Å². The monoisotopic (exact) mass is 223 g/mol. The van der Waals surface area contributed by atoms with Gasteiger partial charge in [-0.05, 0) is 6.92 Å². The summed E-state index contributed by atoms with van der Waals surface area (Å²) in [4.78, 5) is 0. The number of halogens is 7. The molecule has 0 atom stereocenters. The van der Waals surface area contributed by atoms with Crippen LogP contribution in [0.1, 0.15) is 6.92 Å². The molecule has 7 heteroatoms. The molecule has 0 spiro atoms. The molecule has 0 aromatic rings. The Balaban J connectivity index is 5.18. The van der Waals surface area contributed by atoms with Crippen LogP contribution in [-0.2, 0) is 0 Å². The molecule has 0 aromatic carbocycles. The third kappa shape index (κ3) is 2.39. The fourth-order valence-corrected chi connectivity index (χ4v) is 0.664. The lowest BCUT2D eigenvalue weighted by atomic mass is 9.96. The van der Waals surface area contributed by atoms with Crippen LogP contribution >= 0.6 is 0 Å². The van der Waals surface area contributed by atoms with Gasteiger partial charge in [-0.25, -0.2) is 4.39 Å². The summed E-state index contributed by atoms with van der Waals surface area (Å²) in [6.45, 7) is 3.61. The molecule has 0 aliphatic carbocycles. The van der Waals surface area contributed by atoms with E-state index in [0.29, 0.717) is 0 Å². The Morgan fingerprint density at radius 1 is 0.929 bits per heavy atom. The van der Waals surface area contributed by atoms with Gasteiger partial charge in [-0.1, -0.05) is 12.2 Å². The van der Waals surface area contributed by atoms with Crippen molar-refractivity contribution < 1.29 is 30.7 Å². The maximum Gasteiger partial charge on any atom is 0.432 e. The summed E-state index contributed by atoms with van der Waals surface area (Å²) < 4.78 is 83.4. The van der Waals surface area contributed by atoms with Crippen LogP contribution in [0.5, 0.6) is 0 Å². The summed E-state index contributed by atoms with van der Waals surface area (Å²) >= 11 is 0. The van der Waals surface area contributed by atoms with Gasteiger partial charge in [0, 0.05) is 6.42 Å². The fraction of sp³-hybridized carbons (Fsp3) is 0.571. The van der Waals surface area contributed by atoms with Gasteiger partial charge in [-0.15, -0.1) is 0 Å². The predicted molar refractivity (Wildman–Crippen MR) is 35.1 cm³/mol. The van der Waals surface area contributed by atoms with Crippen LogP contribution in [-0.4, -0.2) is 18.0 Å². The van der Waals surface area contributed by atoms with Crippen LogP contribution in [0.15, 0.2) is 12.2 Å². The molecule has 0 bridgehead atoms. The molecule has 0 amide bonds. The Morgan fingerprint density at radius 3 is 1.29 bits per heavy atom. The molecule has 0 fully saturated rings. The number of alkyl halides is 7. The molecule has 0 saturated heterocycles. The van der Waals surface area contributed by atoms with E-state index in [1.807, 2.05) is 0 Å². The smallest absolute Gasteiger partial charge is 0.223 e. The normalized spacial score (nSPS) is 14.3. The summed E-state index contributed by atoms with van der Waals surface area (Å²) in [7, 11) is 0. The number of rotatable bonds is 2. The molecule has 0 saturated carbocycles. The van der Waals surface area contributed by atoms with E-state index in [1.54, 1.807) is 0 Å². The number of allylic oxidation sites excluding steroid dienone is 1. The average molecular weight is 223 g/mol. The van der Waals surface area contributed by atoms with E-state index in [1.165, 1.54) is 0 Å². The Labute approximate surface area is 75.4 Å². The molecular formula is C7H6F7. The maximum atomic E-state index is 12.7. The Morgan fingerprint density at radius 2 is 1.21 bits per heavy atom. The van der Waals surface area contributed by atoms with Crippen LogP contribution in [0.25, 0.3) is 0 Å². The standard InChI is InChI=1S/C7H6F7/c1-4(2)3-5(8,6(9,10)11)7(12,13)14/h3H,1H2,2H3. The van der Waals surface area contributed by atoms with Crippen molar-refractivity contribution in [1.29, 1.82) is 0 Å². The Kier molecular flexibility index (Phi) is 3.25. The first-order chi connectivity index (χ1) is 5.92. The molecule has 0 aromatic heterocycles. The van der Waals surface area contributed by atoms with Gasteiger partial charge in [0.15, 0.2) is 0 Å². The lowest BCUT2D eigenvalue weighted by molar-refractivity contribution is -0.327. The third-order valence-corrected chi connectivity index (χ3v) is 1.27. The van der Waals surface area contributed by atoms with Crippen molar-refractivity contribution in [3.8, 4) is 0 Å². The molecular weight excluding hydrogens is 217 g/mol. The van der Waals surface area contributed by atoms with E-state index in [0.717, 1.165) is 6.92 Å². The van der Waals surface area contributed by atoms with Crippen LogP contribution < -0.4 is 0 Å². The first kappa shape index (κ1) is 13.2. The highest BCUT2D eigenvalue weighted by Gasteiger charge is 2.72. The van der Waals surface area contributed by atoms with E-state index < -0.39 is 30.0 Å². The molecule has 0 heterocycles. The van der Waals surface area contributed by atoms with Crippen molar-refractivity contribution in [2.45, 2.75) is 24.9 Å². The number of hydrogen-bond donors (Lipinski definition) is 0. The van der Waals surface area contributed by atoms with Gasteiger partial charge in [-0.2, -0.15) is 26.3 Å².